The number of ether oxygens (including phenoxy) is 3. The molecule has 1 saturated heterocycles. The van der Waals surface area contributed by atoms with Gasteiger partial charge in [-0.2, -0.15) is 0 Å². The maximum atomic E-state index is 12.8. The molecule has 2 aliphatic heterocycles. The summed E-state index contributed by atoms with van der Waals surface area (Å²) in [5.41, 5.74) is -0.521. The third-order valence-corrected chi connectivity index (χ3v) is 5.48. The highest BCUT2D eigenvalue weighted by Crippen LogP contribution is 2.45. The van der Waals surface area contributed by atoms with Gasteiger partial charge in [0.15, 0.2) is 11.5 Å². The molecule has 0 radical (unpaired) electrons. The number of imide groups is 1. The van der Waals surface area contributed by atoms with Crippen LogP contribution in [-0.4, -0.2) is 47.9 Å². The molecule has 1 aromatic carbocycles. The zero-order chi connectivity index (χ0) is 18.1. The summed E-state index contributed by atoms with van der Waals surface area (Å²) in [5.74, 6) is 1.49. The lowest BCUT2D eigenvalue weighted by atomic mass is 9.73. The molecule has 7 nitrogen and oxygen atoms in total. The largest absolute Gasteiger partial charge is 0.491 e. The van der Waals surface area contributed by atoms with E-state index in [9.17, 15) is 14.7 Å². The van der Waals surface area contributed by atoms with Gasteiger partial charge in [0.25, 0.3) is 0 Å². The summed E-state index contributed by atoms with van der Waals surface area (Å²) in [7, 11) is 0. The van der Waals surface area contributed by atoms with Crippen molar-refractivity contribution in [1.29, 1.82) is 0 Å². The Morgan fingerprint density at radius 2 is 1.92 bits per heavy atom. The zero-order valence-corrected chi connectivity index (χ0v) is 14.6. The smallest absolute Gasteiger partial charge is 0.235 e. The number of likely N-dealkylation sites (tertiary alicyclic amines) is 1. The van der Waals surface area contributed by atoms with E-state index in [2.05, 4.69) is 0 Å². The average molecular weight is 361 g/mol. The van der Waals surface area contributed by atoms with Gasteiger partial charge in [-0.3, -0.25) is 14.5 Å². The van der Waals surface area contributed by atoms with Gasteiger partial charge in [0, 0.05) is 12.5 Å². The second-order valence-corrected chi connectivity index (χ2v) is 7.31. The van der Waals surface area contributed by atoms with Crippen molar-refractivity contribution in [2.24, 2.45) is 5.41 Å². The Labute approximate surface area is 151 Å². The van der Waals surface area contributed by atoms with Crippen molar-refractivity contribution in [1.82, 2.24) is 4.90 Å². The monoisotopic (exact) mass is 361 g/mol. The van der Waals surface area contributed by atoms with Gasteiger partial charge in [-0.15, -0.1) is 0 Å². The summed E-state index contributed by atoms with van der Waals surface area (Å²) in [6.07, 6.45) is 3.99. The fraction of sp³-hybridized carbons (Fsp3) is 0.579. The zero-order valence-electron chi connectivity index (χ0n) is 14.6. The summed E-state index contributed by atoms with van der Waals surface area (Å²) in [6, 6.07) is 5.16. The molecule has 0 aromatic heterocycles. The minimum absolute atomic E-state index is 0.0102. The Hall–Kier alpha value is -2.28. The number of nitrogens with zero attached hydrogens (tertiary/aromatic N) is 1. The number of amides is 2. The lowest BCUT2D eigenvalue weighted by Crippen LogP contribution is -2.42. The van der Waals surface area contributed by atoms with Gasteiger partial charge in [0.05, 0.1) is 12.0 Å². The number of fused-ring (bicyclic) bond motifs is 1. The van der Waals surface area contributed by atoms with Crippen LogP contribution in [0.5, 0.6) is 17.2 Å². The molecule has 2 heterocycles. The van der Waals surface area contributed by atoms with Crippen LogP contribution in [0.25, 0.3) is 0 Å². The van der Waals surface area contributed by atoms with Gasteiger partial charge in [-0.05, 0) is 25.0 Å². The minimum atomic E-state index is -0.938. The number of aliphatic hydroxyl groups is 1. The third-order valence-electron chi connectivity index (χ3n) is 5.48. The first kappa shape index (κ1) is 17.1. The summed E-state index contributed by atoms with van der Waals surface area (Å²) < 4.78 is 16.1. The fourth-order valence-corrected chi connectivity index (χ4v) is 4.09. The van der Waals surface area contributed by atoms with Crippen LogP contribution in [0.1, 0.15) is 38.5 Å². The van der Waals surface area contributed by atoms with Gasteiger partial charge in [0.1, 0.15) is 18.5 Å². The van der Waals surface area contributed by atoms with E-state index in [1.165, 1.54) is 4.90 Å². The molecule has 1 atom stereocenters. The quantitative estimate of drug-likeness (QED) is 0.806. The van der Waals surface area contributed by atoms with Gasteiger partial charge >= 0.3 is 0 Å². The molecular formula is C19H23NO6. The lowest BCUT2D eigenvalue weighted by molar-refractivity contribution is -0.144. The standard InChI is InChI=1S/C19H23NO6/c21-13(11-24-14-4-5-15-16(8-14)26-12-25-15)10-20-17(22)9-19(18(20)23)6-2-1-3-7-19/h4-5,8,13,21H,1-3,6-7,9-12H2/t13-/m1/s1. The van der Waals surface area contributed by atoms with Crippen molar-refractivity contribution < 1.29 is 28.9 Å². The summed E-state index contributed by atoms with van der Waals surface area (Å²) in [5, 5.41) is 10.3. The van der Waals surface area contributed by atoms with Crippen LogP contribution < -0.4 is 14.2 Å². The molecule has 1 N–H and O–H groups in total. The number of hydrogen-bond acceptors (Lipinski definition) is 6. The Balaban J connectivity index is 1.33. The van der Waals surface area contributed by atoms with E-state index in [-0.39, 0.29) is 38.2 Å². The molecule has 0 bridgehead atoms. The third kappa shape index (κ3) is 3.11. The van der Waals surface area contributed by atoms with Crippen LogP contribution in [-0.2, 0) is 9.59 Å². The molecule has 2 amide bonds. The number of carbonyl (C=O) groups excluding carboxylic acids is 2. The first-order chi connectivity index (χ1) is 12.6. The van der Waals surface area contributed by atoms with Crippen LogP contribution >= 0.6 is 0 Å². The normalized spacial score (nSPS) is 22.1. The number of β-amino-alcohol motifs (C(OH)–C–C–N with tert-alkyl or cyclic N) is 1. The number of benzene rings is 1. The molecule has 1 spiro atoms. The van der Waals surface area contributed by atoms with Crippen LogP contribution in [0.15, 0.2) is 18.2 Å². The molecule has 3 aliphatic rings. The molecule has 1 aliphatic carbocycles. The van der Waals surface area contributed by atoms with Crippen LogP contribution in [0.3, 0.4) is 0 Å². The van der Waals surface area contributed by atoms with Gasteiger partial charge in [-0.1, -0.05) is 19.3 Å². The van der Waals surface area contributed by atoms with Gasteiger partial charge in [-0.25, -0.2) is 0 Å². The molecular weight excluding hydrogens is 338 g/mol. The Kier molecular flexibility index (Phi) is 4.48. The average Bonchev–Trinajstić information content (AvgIpc) is 3.19. The lowest BCUT2D eigenvalue weighted by Gasteiger charge is -2.30. The van der Waals surface area contributed by atoms with Crippen molar-refractivity contribution in [3.8, 4) is 17.2 Å². The predicted molar refractivity (Wildman–Crippen MR) is 90.9 cm³/mol. The molecule has 26 heavy (non-hydrogen) atoms. The second-order valence-electron chi connectivity index (χ2n) is 7.31. The topological polar surface area (TPSA) is 85.3 Å². The van der Waals surface area contributed by atoms with E-state index < -0.39 is 11.5 Å². The Morgan fingerprint density at radius 3 is 2.73 bits per heavy atom. The minimum Gasteiger partial charge on any atom is -0.491 e. The highest BCUT2D eigenvalue weighted by atomic mass is 16.7. The Morgan fingerprint density at radius 1 is 1.15 bits per heavy atom. The molecule has 7 heteroatoms. The number of aliphatic hydroxyl groups excluding tert-OH is 1. The van der Waals surface area contributed by atoms with Crippen molar-refractivity contribution in [2.45, 2.75) is 44.6 Å². The molecule has 1 aromatic rings. The van der Waals surface area contributed by atoms with Crippen molar-refractivity contribution >= 4 is 11.8 Å². The highest BCUT2D eigenvalue weighted by Gasteiger charge is 2.51. The van der Waals surface area contributed by atoms with E-state index in [0.29, 0.717) is 17.2 Å². The van der Waals surface area contributed by atoms with Crippen molar-refractivity contribution in [3.05, 3.63) is 18.2 Å². The van der Waals surface area contributed by atoms with Crippen LogP contribution in [0.2, 0.25) is 0 Å². The van der Waals surface area contributed by atoms with E-state index in [1.54, 1.807) is 18.2 Å². The first-order valence-electron chi connectivity index (χ1n) is 9.13. The van der Waals surface area contributed by atoms with E-state index >= 15 is 0 Å². The van der Waals surface area contributed by atoms with E-state index in [1.807, 2.05) is 0 Å². The van der Waals surface area contributed by atoms with Gasteiger partial charge in [0.2, 0.25) is 18.6 Å². The number of rotatable bonds is 5. The highest BCUT2D eigenvalue weighted by molar-refractivity contribution is 6.06. The molecule has 140 valence electrons. The van der Waals surface area contributed by atoms with Crippen molar-refractivity contribution in [3.63, 3.8) is 0 Å². The summed E-state index contributed by atoms with van der Waals surface area (Å²) in [4.78, 5) is 26.3. The van der Waals surface area contributed by atoms with Crippen LogP contribution in [0, 0.1) is 5.41 Å². The van der Waals surface area contributed by atoms with E-state index in [4.69, 9.17) is 14.2 Å². The maximum absolute atomic E-state index is 12.8. The Bertz CT molecular complexity index is 712. The molecule has 0 unspecified atom stereocenters. The second kappa shape index (κ2) is 6.79. The molecule has 4 rings (SSSR count). The molecule has 1 saturated carbocycles. The van der Waals surface area contributed by atoms with Crippen molar-refractivity contribution in [2.75, 3.05) is 19.9 Å². The fourth-order valence-electron chi connectivity index (χ4n) is 4.09. The molecule has 2 fully saturated rings. The number of carbonyl (C=O) groups is 2. The first-order valence-corrected chi connectivity index (χ1v) is 9.13. The maximum Gasteiger partial charge on any atom is 0.235 e. The summed E-state index contributed by atoms with van der Waals surface area (Å²) in [6.45, 7) is 0.149. The van der Waals surface area contributed by atoms with E-state index in [0.717, 1.165) is 32.1 Å². The number of hydrogen-bond donors (Lipinski definition) is 1. The van der Waals surface area contributed by atoms with Crippen LogP contribution in [0.4, 0.5) is 0 Å². The predicted octanol–water partition coefficient (Wildman–Crippen LogP) is 1.86. The summed E-state index contributed by atoms with van der Waals surface area (Å²) >= 11 is 0. The SMILES string of the molecule is O=C1CC2(CCCCC2)C(=O)N1C[C@@H](O)COc1ccc2c(c1)OCO2. The van der Waals surface area contributed by atoms with Gasteiger partial charge < -0.3 is 19.3 Å².